The first-order chi connectivity index (χ1) is 9.15. The minimum atomic E-state index is 0.480. The molecule has 1 aromatic carbocycles. The molecule has 3 N–H and O–H groups in total. The zero-order chi connectivity index (χ0) is 13.1. The SMILES string of the molecule is Nc1c(Cl)cc(CNC2C3C4CCC(C4)C23)cc1Cl. The molecule has 4 heteroatoms. The molecular formula is C15H18Cl2N2. The second-order valence-electron chi connectivity index (χ2n) is 6.37. The van der Waals surface area contributed by atoms with Crippen LogP contribution in [-0.4, -0.2) is 6.04 Å². The van der Waals surface area contributed by atoms with E-state index >= 15 is 0 Å². The highest BCUT2D eigenvalue weighted by Crippen LogP contribution is 2.65. The van der Waals surface area contributed by atoms with Crippen molar-refractivity contribution < 1.29 is 0 Å². The molecule has 0 amide bonds. The first-order valence-corrected chi connectivity index (χ1v) is 7.87. The van der Waals surface area contributed by atoms with Crippen molar-refractivity contribution in [3.63, 3.8) is 0 Å². The van der Waals surface area contributed by atoms with Crippen molar-refractivity contribution in [3.05, 3.63) is 27.7 Å². The monoisotopic (exact) mass is 296 g/mol. The molecule has 102 valence electrons. The highest BCUT2D eigenvalue weighted by atomic mass is 35.5. The van der Waals surface area contributed by atoms with E-state index in [1.54, 1.807) is 0 Å². The Hall–Kier alpha value is -0.440. The standard InChI is InChI=1S/C15H18Cl2N2/c16-10-3-7(4-11(17)14(10)18)6-19-15-12-8-1-2-9(5-8)13(12)15/h3-4,8-9,12-13,15,19H,1-2,5-6,18H2. The molecule has 0 radical (unpaired) electrons. The number of nitrogens with one attached hydrogen (secondary N) is 1. The Morgan fingerprint density at radius 3 is 2.26 bits per heavy atom. The predicted octanol–water partition coefficient (Wildman–Crippen LogP) is 3.71. The Labute approximate surface area is 123 Å². The van der Waals surface area contributed by atoms with E-state index in [4.69, 9.17) is 28.9 Å². The molecular weight excluding hydrogens is 279 g/mol. The summed E-state index contributed by atoms with van der Waals surface area (Å²) in [6.45, 7) is 0.844. The minimum absolute atomic E-state index is 0.480. The fraction of sp³-hybridized carbons (Fsp3) is 0.600. The molecule has 4 rings (SSSR count). The largest absolute Gasteiger partial charge is 0.396 e. The van der Waals surface area contributed by atoms with E-state index in [0.717, 1.165) is 41.8 Å². The van der Waals surface area contributed by atoms with Gasteiger partial charge in [-0.05, 0) is 60.6 Å². The van der Waals surface area contributed by atoms with E-state index in [1.165, 1.54) is 19.3 Å². The van der Waals surface area contributed by atoms with Gasteiger partial charge in [-0.2, -0.15) is 0 Å². The summed E-state index contributed by atoms with van der Waals surface area (Å²) in [7, 11) is 0. The highest BCUT2D eigenvalue weighted by Gasteiger charge is 2.64. The minimum Gasteiger partial charge on any atom is -0.396 e. The lowest BCUT2D eigenvalue weighted by Crippen LogP contribution is -2.22. The molecule has 4 unspecified atom stereocenters. The van der Waals surface area contributed by atoms with Crippen LogP contribution in [0.15, 0.2) is 12.1 Å². The van der Waals surface area contributed by atoms with E-state index in [1.807, 2.05) is 12.1 Å². The predicted molar refractivity (Wildman–Crippen MR) is 79.3 cm³/mol. The highest BCUT2D eigenvalue weighted by molar-refractivity contribution is 6.38. The first kappa shape index (κ1) is 12.3. The summed E-state index contributed by atoms with van der Waals surface area (Å²) in [6.07, 6.45) is 4.42. The maximum atomic E-state index is 6.06. The summed E-state index contributed by atoms with van der Waals surface area (Å²) in [5.41, 5.74) is 7.36. The van der Waals surface area contributed by atoms with Crippen molar-refractivity contribution in [2.75, 3.05) is 5.73 Å². The van der Waals surface area contributed by atoms with Crippen molar-refractivity contribution in [2.45, 2.75) is 31.8 Å². The zero-order valence-corrected chi connectivity index (χ0v) is 12.2. The molecule has 3 fully saturated rings. The van der Waals surface area contributed by atoms with Gasteiger partial charge in [0.05, 0.1) is 15.7 Å². The van der Waals surface area contributed by atoms with E-state index in [0.29, 0.717) is 15.7 Å². The van der Waals surface area contributed by atoms with Gasteiger partial charge in [-0.15, -0.1) is 0 Å². The van der Waals surface area contributed by atoms with Gasteiger partial charge >= 0.3 is 0 Å². The summed E-state index contributed by atoms with van der Waals surface area (Å²) in [5.74, 6) is 3.93. The summed E-state index contributed by atoms with van der Waals surface area (Å²) in [5, 5.41) is 4.80. The Morgan fingerprint density at radius 2 is 1.68 bits per heavy atom. The Kier molecular flexibility index (Phi) is 2.77. The van der Waals surface area contributed by atoms with Crippen molar-refractivity contribution in [1.82, 2.24) is 5.32 Å². The number of hydrogen-bond donors (Lipinski definition) is 2. The molecule has 0 saturated heterocycles. The topological polar surface area (TPSA) is 38.0 Å². The van der Waals surface area contributed by atoms with Crippen LogP contribution in [0.5, 0.6) is 0 Å². The molecule has 0 heterocycles. The van der Waals surface area contributed by atoms with Crippen LogP contribution >= 0.6 is 23.2 Å². The van der Waals surface area contributed by atoms with Crippen molar-refractivity contribution in [2.24, 2.45) is 23.7 Å². The smallest absolute Gasteiger partial charge is 0.0693 e. The molecule has 2 bridgehead atoms. The average molecular weight is 297 g/mol. The van der Waals surface area contributed by atoms with Gasteiger partial charge < -0.3 is 11.1 Å². The number of rotatable bonds is 3. The lowest BCUT2D eigenvalue weighted by Gasteiger charge is -2.11. The molecule has 3 saturated carbocycles. The van der Waals surface area contributed by atoms with Gasteiger partial charge in [0.15, 0.2) is 0 Å². The lowest BCUT2D eigenvalue weighted by atomic mass is 10.0. The van der Waals surface area contributed by atoms with Crippen LogP contribution in [0.2, 0.25) is 10.0 Å². The fourth-order valence-corrected chi connectivity index (χ4v) is 5.10. The van der Waals surface area contributed by atoms with E-state index < -0.39 is 0 Å². The van der Waals surface area contributed by atoms with Crippen molar-refractivity contribution in [3.8, 4) is 0 Å². The number of fused-ring (bicyclic) bond motifs is 5. The Morgan fingerprint density at radius 1 is 1.11 bits per heavy atom. The second kappa shape index (κ2) is 4.28. The molecule has 2 nitrogen and oxygen atoms in total. The molecule has 3 aliphatic rings. The summed E-state index contributed by atoms with van der Waals surface area (Å²) in [4.78, 5) is 0. The van der Waals surface area contributed by atoms with Gasteiger partial charge in [0.25, 0.3) is 0 Å². The van der Waals surface area contributed by atoms with Gasteiger partial charge in [0.2, 0.25) is 0 Å². The average Bonchev–Trinajstić information content (AvgIpc) is 2.78. The number of hydrogen-bond acceptors (Lipinski definition) is 2. The van der Waals surface area contributed by atoms with Crippen LogP contribution in [0.1, 0.15) is 24.8 Å². The normalized spacial score (nSPS) is 38.5. The second-order valence-corrected chi connectivity index (χ2v) is 7.18. The molecule has 1 aromatic rings. The fourth-order valence-electron chi connectivity index (χ4n) is 4.57. The van der Waals surface area contributed by atoms with E-state index in [9.17, 15) is 0 Å². The maximum absolute atomic E-state index is 6.06. The van der Waals surface area contributed by atoms with Gasteiger partial charge in [-0.25, -0.2) is 0 Å². The summed E-state index contributed by atoms with van der Waals surface area (Å²) < 4.78 is 0. The molecule has 19 heavy (non-hydrogen) atoms. The third-order valence-corrected chi connectivity index (χ3v) is 6.04. The Bertz CT molecular complexity index is 492. The number of nitrogens with two attached hydrogens (primary N) is 1. The van der Waals surface area contributed by atoms with E-state index in [2.05, 4.69) is 5.32 Å². The van der Waals surface area contributed by atoms with Gasteiger partial charge in [0, 0.05) is 12.6 Å². The van der Waals surface area contributed by atoms with Gasteiger partial charge in [0.1, 0.15) is 0 Å². The van der Waals surface area contributed by atoms with Crippen LogP contribution in [-0.2, 0) is 6.54 Å². The zero-order valence-electron chi connectivity index (χ0n) is 10.7. The molecule has 4 atom stereocenters. The summed E-state index contributed by atoms with van der Waals surface area (Å²) >= 11 is 12.1. The number of halogens is 2. The quantitative estimate of drug-likeness (QED) is 0.835. The van der Waals surface area contributed by atoms with E-state index in [-0.39, 0.29) is 0 Å². The first-order valence-electron chi connectivity index (χ1n) is 7.12. The van der Waals surface area contributed by atoms with Crippen molar-refractivity contribution >= 4 is 28.9 Å². The van der Waals surface area contributed by atoms with Crippen LogP contribution in [0.3, 0.4) is 0 Å². The third-order valence-electron chi connectivity index (χ3n) is 5.42. The third kappa shape index (κ3) is 1.88. The molecule has 0 spiro atoms. The lowest BCUT2D eigenvalue weighted by molar-refractivity contribution is 0.456. The van der Waals surface area contributed by atoms with Crippen molar-refractivity contribution in [1.29, 1.82) is 0 Å². The molecule has 0 aliphatic heterocycles. The molecule has 3 aliphatic carbocycles. The summed E-state index contributed by atoms with van der Waals surface area (Å²) in [6, 6.07) is 4.58. The number of anilines is 1. The van der Waals surface area contributed by atoms with Gasteiger partial charge in [-0.3, -0.25) is 0 Å². The van der Waals surface area contributed by atoms with Crippen LogP contribution < -0.4 is 11.1 Å². The molecule has 0 aromatic heterocycles. The number of benzene rings is 1. The number of nitrogen functional groups attached to an aromatic ring is 1. The maximum Gasteiger partial charge on any atom is 0.0693 e. The Balaban J connectivity index is 1.41. The van der Waals surface area contributed by atoms with Crippen LogP contribution in [0, 0.1) is 23.7 Å². The van der Waals surface area contributed by atoms with Gasteiger partial charge in [-0.1, -0.05) is 23.2 Å². The van der Waals surface area contributed by atoms with Crippen LogP contribution in [0.25, 0.3) is 0 Å². The van der Waals surface area contributed by atoms with Crippen LogP contribution in [0.4, 0.5) is 5.69 Å².